The fourth-order valence-corrected chi connectivity index (χ4v) is 4.18. The third kappa shape index (κ3) is 4.21. The van der Waals surface area contributed by atoms with E-state index in [1.54, 1.807) is 12.4 Å². The zero-order valence-corrected chi connectivity index (χ0v) is 19.0. The van der Waals surface area contributed by atoms with Crippen molar-refractivity contribution in [1.82, 2.24) is 29.8 Å². The van der Waals surface area contributed by atoms with Crippen molar-refractivity contribution in [3.05, 3.63) is 77.6 Å². The van der Waals surface area contributed by atoms with Crippen LogP contribution >= 0.6 is 0 Å². The van der Waals surface area contributed by atoms with Crippen LogP contribution in [0.4, 0.5) is 14.6 Å². The molecule has 9 heteroatoms. The Hall–Kier alpha value is -3.88. The van der Waals surface area contributed by atoms with Gasteiger partial charge in [-0.15, -0.1) is 0 Å². The number of anilines is 1. The van der Waals surface area contributed by atoms with E-state index in [2.05, 4.69) is 30.6 Å². The molecular weight excluding hydrogens is 436 g/mol. The predicted octanol–water partition coefficient (Wildman–Crippen LogP) is 5.01. The smallest absolute Gasteiger partial charge is 0.166 e. The topological polar surface area (TPSA) is 80.5 Å². The summed E-state index contributed by atoms with van der Waals surface area (Å²) in [5.41, 5.74) is 4.26. The third-order valence-electron chi connectivity index (χ3n) is 5.83. The van der Waals surface area contributed by atoms with E-state index in [9.17, 15) is 8.78 Å². The zero-order chi connectivity index (χ0) is 23.7. The number of dihydropyridines is 1. The van der Waals surface area contributed by atoms with Gasteiger partial charge in [-0.05, 0) is 50.0 Å². The predicted molar refractivity (Wildman–Crippen MR) is 128 cm³/mol. The summed E-state index contributed by atoms with van der Waals surface area (Å²) in [6, 6.07) is 1.49. The van der Waals surface area contributed by atoms with Crippen molar-refractivity contribution in [2.75, 3.05) is 18.4 Å². The molecule has 0 unspecified atom stereocenters. The number of nitrogens with zero attached hydrogens (tertiary/aromatic N) is 5. The number of allylic oxidation sites excluding steroid dienone is 4. The van der Waals surface area contributed by atoms with Crippen LogP contribution in [0.1, 0.15) is 32.7 Å². The van der Waals surface area contributed by atoms with E-state index >= 15 is 0 Å². The zero-order valence-electron chi connectivity index (χ0n) is 19.0. The lowest BCUT2D eigenvalue weighted by Gasteiger charge is -2.20. The minimum Gasteiger partial charge on any atom is -0.387 e. The van der Waals surface area contributed by atoms with Crippen LogP contribution in [0.3, 0.4) is 0 Å². The van der Waals surface area contributed by atoms with Gasteiger partial charge in [0.1, 0.15) is 17.2 Å². The van der Waals surface area contributed by atoms with Gasteiger partial charge in [0.2, 0.25) is 0 Å². The number of pyridine rings is 1. The number of hydrogen-bond donors (Lipinski definition) is 2. The van der Waals surface area contributed by atoms with Gasteiger partial charge in [-0.1, -0.05) is 12.2 Å². The van der Waals surface area contributed by atoms with Gasteiger partial charge in [0, 0.05) is 42.7 Å². The maximum Gasteiger partial charge on any atom is 0.166 e. The molecule has 1 aliphatic heterocycles. The number of rotatable bonds is 6. The summed E-state index contributed by atoms with van der Waals surface area (Å²) in [5, 5.41) is 6.58. The van der Waals surface area contributed by atoms with Crippen LogP contribution in [0, 0.1) is 5.82 Å². The fourth-order valence-electron chi connectivity index (χ4n) is 4.18. The molecule has 3 aromatic rings. The Balaban J connectivity index is 1.45. The van der Waals surface area contributed by atoms with Gasteiger partial charge >= 0.3 is 0 Å². The lowest BCUT2D eigenvalue weighted by molar-refractivity contribution is 0.612. The van der Waals surface area contributed by atoms with E-state index in [-0.39, 0.29) is 11.9 Å². The standard InChI is InChI=1S/C25H25F2N7/c1-15(2)34-14-31-22-24(32-23(33-25(22)34)18-9-19(26)13-29-12-18)30-8-7-17-11-28-10-16-5-3-4-6-20(27)21(16)17/h3,5-6,9,11-15,28H,4,7-8,10H2,1-2H3,(H,30,32,33). The molecular formula is C25H25F2N7. The van der Waals surface area contributed by atoms with E-state index in [0.717, 1.165) is 17.3 Å². The van der Waals surface area contributed by atoms with Gasteiger partial charge in [-0.2, -0.15) is 0 Å². The van der Waals surface area contributed by atoms with Gasteiger partial charge in [-0.3, -0.25) is 4.98 Å². The normalized spacial score (nSPS) is 15.7. The quantitative estimate of drug-likeness (QED) is 0.537. The maximum absolute atomic E-state index is 14.7. The van der Waals surface area contributed by atoms with Crippen molar-refractivity contribution in [3.8, 4) is 11.4 Å². The number of halogens is 2. The van der Waals surface area contributed by atoms with Crippen molar-refractivity contribution in [2.45, 2.75) is 32.7 Å². The molecule has 4 heterocycles. The number of imidazole rings is 1. The minimum absolute atomic E-state index is 0.133. The lowest BCUT2D eigenvalue weighted by atomic mass is 9.94. The first-order chi connectivity index (χ1) is 16.5. The van der Waals surface area contributed by atoms with Crippen LogP contribution in [0.5, 0.6) is 0 Å². The van der Waals surface area contributed by atoms with Crippen molar-refractivity contribution in [2.24, 2.45) is 0 Å². The minimum atomic E-state index is -0.457. The Labute approximate surface area is 196 Å². The molecule has 5 rings (SSSR count). The van der Waals surface area contributed by atoms with Crippen LogP contribution < -0.4 is 10.6 Å². The molecule has 174 valence electrons. The summed E-state index contributed by atoms with van der Waals surface area (Å²) in [4.78, 5) is 17.7. The molecule has 0 amide bonds. The Morgan fingerprint density at radius 2 is 2.09 bits per heavy atom. The van der Waals surface area contributed by atoms with E-state index < -0.39 is 5.82 Å². The molecule has 2 N–H and O–H groups in total. The largest absolute Gasteiger partial charge is 0.387 e. The molecule has 0 radical (unpaired) electrons. The first-order valence-electron chi connectivity index (χ1n) is 11.3. The number of fused-ring (bicyclic) bond motifs is 1. The second-order valence-corrected chi connectivity index (χ2v) is 8.52. The first kappa shape index (κ1) is 21.9. The number of nitrogens with one attached hydrogen (secondary N) is 2. The Morgan fingerprint density at radius 3 is 2.91 bits per heavy atom. The number of aromatic nitrogens is 5. The highest BCUT2D eigenvalue weighted by Crippen LogP contribution is 2.32. The Kier molecular flexibility index (Phi) is 5.91. The van der Waals surface area contributed by atoms with Crippen molar-refractivity contribution < 1.29 is 8.78 Å². The van der Waals surface area contributed by atoms with Crippen molar-refractivity contribution in [3.63, 3.8) is 0 Å². The van der Waals surface area contributed by atoms with Gasteiger partial charge in [0.25, 0.3) is 0 Å². The molecule has 0 saturated carbocycles. The van der Waals surface area contributed by atoms with E-state index in [4.69, 9.17) is 0 Å². The summed E-state index contributed by atoms with van der Waals surface area (Å²) in [6.45, 7) is 5.19. The molecule has 3 aromatic heterocycles. The van der Waals surface area contributed by atoms with Crippen LogP contribution in [-0.4, -0.2) is 37.6 Å². The van der Waals surface area contributed by atoms with Crippen LogP contribution in [0.25, 0.3) is 22.6 Å². The van der Waals surface area contributed by atoms with Crippen molar-refractivity contribution >= 4 is 17.0 Å². The lowest BCUT2D eigenvalue weighted by Crippen LogP contribution is -2.19. The summed E-state index contributed by atoms with van der Waals surface area (Å²) < 4.78 is 30.5. The molecule has 0 saturated heterocycles. The van der Waals surface area contributed by atoms with Gasteiger partial charge in [-0.25, -0.2) is 23.7 Å². The highest BCUT2D eigenvalue weighted by atomic mass is 19.1. The second kappa shape index (κ2) is 9.17. The van der Waals surface area contributed by atoms with Crippen LogP contribution in [0.15, 0.2) is 71.8 Å². The van der Waals surface area contributed by atoms with E-state index in [0.29, 0.717) is 59.9 Å². The molecule has 0 spiro atoms. The molecule has 0 fully saturated rings. The maximum atomic E-state index is 14.7. The molecule has 1 aliphatic carbocycles. The summed E-state index contributed by atoms with van der Waals surface area (Å²) in [7, 11) is 0. The highest BCUT2D eigenvalue weighted by Gasteiger charge is 2.20. The molecule has 0 aromatic carbocycles. The van der Waals surface area contributed by atoms with Crippen molar-refractivity contribution in [1.29, 1.82) is 0 Å². The highest BCUT2D eigenvalue weighted by molar-refractivity contribution is 5.85. The molecule has 0 bridgehead atoms. The van der Waals surface area contributed by atoms with Gasteiger partial charge in [0.15, 0.2) is 17.3 Å². The average molecular weight is 462 g/mol. The summed E-state index contributed by atoms with van der Waals surface area (Å²) in [5.74, 6) is 0.255. The number of hydrogen-bond acceptors (Lipinski definition) is 6. The molecule has 7 nitrogen and oxygen atoms in total. The summed E-state index contributed by atoms with van der Waals surface area (Å²) in [6.07, 6.45) is 13.0. The monoisotopic (exact) mass is 461 g/mol. The van der Waals surface area contributed by atoms with Crippen LogP contribution in [0.2, 0.25) is 0 Å². The van der Waals surface area contributed by atoms with E-state index in [1.165, 1.54) is 12.3 Å². The Morgan fingerprint density at radius 1 is 1.21 bits per heavy atom. The SMILES string of the molecule is CC(C)n1cnc2c(NCCC3=CNCC4=C3C(F)=CCC=C4)nc(-c3cncc(F)c3)nc21. The Bertz CT molecular complexity index is 1360. The van der Waals surface area contributed by atoms with Crippen LogP contribution in [-0.2, 0) is 0 Å². The average Bonchev–Trinajstić information content (AvgIpc) is 3.17. The molecule has 34 heavy (non-hydrogen) atoms. The van der Waals surface area contributed by atoms with Gasteiger partial charge < -0.3 is 15.2 Å². The van der Waals surface area contributed by atoms with E-state index in [1.807, 2.05) is 36.8 Å². The third-order valence-corrected chi connectivity index (χ3v) is 5.83. The molecule has 0 atom stereocenters. The summed E-state index contributed by atoms with van der Waals surface area (Å²) >= 11 is 0. The first-order valence-corrected chi connectivity index (χ1v) is 11.3. The van der Waals surface area contributed by atoms with Gasteiger partial charge in [0.05, 0.1) is 12.5 Å². The second-order valence-electron chi connectivity index (χ2n) is 8.52. The molecule has 2 aliphatic rings. The fraction of sp³-hybridized carbons (Fsp3) is 0.280.